The van der Waals surface area contributed by atoms with E-state index >= 15 is 0 Å². The van der Waals surface area contributed by atoms with Gasteiger partial charge in [0.2, 0.25) is 0 Å². The monoisotopic (exact) mass is 353 g/mol. The lowest BCUT2D eigenvalue weighted by Gasteiger charge is -2.09. The lowest BCUT2D eigenvalue weighted by Crippen LogP contribution is -2.10. The molecule has 0 fully saturated rings. The Morgan fingerprint density at radius 3 is 2.90 bits per heavy atom. The molecule has 0 atom stereocenters. The van der Waals surface area contributed by atoms with E-state index in [0.29, 0.717) is 30.6 Å². The molecule has 0 aliphatic rings. The first kappa shape index (κ1) is 15.9. The molecule has 1 aromatic heterocycles. The summed E-state index contributed by atoms with van der Waals surface area (Å²) in [6.07, 6.45) is 1.06. The zero-order valence-electron chi connectivity index (χ0n) is 12.3. The van der Waals surface area contributed by atoms with Crippen LogP contribution in [0.3, 0.4) is 0 Å². The Hall–Kier alpha value is -1.47. The van der Waals surface area contributed by atoms with Gasteiger partial charge in [-0.05, 0) is 50.8 Å². The van der Waals surface area contributed by atoms with E-state index in [1.165, 1.54) is 0 Å². The van der Waals surface area contributed by atoms with E-state index in [1.54, 1.807) is 4.68 Å². The summed E-state index contributed by atoms with van der Waals surface area (Å²) in [6.45, 7) is 6.32. The molecule has 1 aromatic carbocycles. The summed E-state index contributed by atoms with van der Waals surface area (Å²) in [5, 5.41) is 11.8. The molecule has 2 aromatic rings. The van der Waals surface area contributed by atoms with Gasteiger partial charge in [-0.2, -0.15) is 0 Å². The fraction of sp³-hybridized carbons (Fsp3) is 0.500. The highest BCUT2D eigenvalue weighted by atomic mass is 79.9. The SMILES string of the molecule is CC(C)CCOCCn1nnnc1-c1cccc(N)c1Br. The maximum atomic E-state index is 5.90. The second kappa shape index (κ2) is 7.51. The molecule has 0 aliphatic carbocycles. The molecule has 2 rings (SSSR count). The van der Waals surface area contributed by atoms with Crippen molar-refractivity contribution in [3.05, 3.63) is 22.7 Å². The Kier molecular flexibility index (Phi) is 5.69. The van der Waals surface area contributed by atoms with Gasteiger partial charge in [0.25, 0.3) is 0 Å². The van der Waals surface area contributed by atoms with Crippen LogP contribution in [-0.4, -0.2) is 33.4 Å². The molecular formula is C14H20BrN5O. The summed E-state index contributed by atoms with van der Waals surface area (Å²) in [6, 6.07) is 5.65. The van der Waals surface area contributed by atoms with Gasteiger partial charge in [0.1, 0.15) is 0 Å². The second-order valence-electron chi connectivity index (χ2n) is 5.23. The van der Waals surface area contributed by atoms with E-state index in [2.05, 4.69) is 45.3 Å². The Morgan fingerprint density at radius 1 is 1.33 bits per heavy atom. The molecule has 2 N–H and O–H groups in total. The fourth-order valence-electron chi connectivity index (χ4n) is 1.84. The molecule has 114 valence electrons. The Balaban J connectivity index is 2.00. The first-order valence-corrected chi connectivity index (χ1v) is 7.77. The van der Waals surface area contributed by atoms with Gasteiger partial charge in [-0.15, -0.1) is 5.10 Å². The molecule has 21 heavy (non-hydrogen) atoms. The lowest BCUT2D eigenvalue weighted by molar-refractivity contribution is 0.114. The van der Waals surface area contributed by atoms with Crippen molar-refractivity contribution in [1.29, 1.82) is 0 Å². The van der Waals surface area contributed by atoms with Crippen LogP contribution in [0.25, 0.3) is 11.4 Å². The third-order valence-electron chi connectivity index (χ3n) is 3.09. The summed E-state index contributed by atoms with van der Waals surface area (Å²) in [4.78, 5) is 0. The highest BCUT2D eigenvalue weighted by Gasteiger charge is 2.13. The van der Waals surface area contributed by atoms with Gasteiger partial charge in [0, 0.05) is 17.9 Å². The van der Waals surface area contributed by atoms with Crippen LogP contribution >= 0.6 is 15.9 Å². The van der Waals surface area contributed by atoms with Crippen molar-refractivity contribution >= 4 is 21.6 Å². The van der Waals surface area contributed by atoms with E-state index in [0.717, 1.165) is 23.1 Å². The molecule has 0 saturated carbocycles. The normalized spacial score (nSPS) is 11.2. The lowest BCUT2D eigenvalue weighted by atomic mass is 10.1. The Morgan fingerprint density at radius 2 is 2.14 bits per heavy atom. The van der Waals surface area contributed by atoms with Gasteiger partial charge >= 0.3 is 0 Å². The van der Waals surface area contributed by atoms with E-state index in [-0.39, 0.29) is 0 Å². The molecule has 6 nitrogen and oxygen atoms in total. The van der Waals surface area contributed by atoms with Crippen LogP contribution in [0.1, 0.15) is 20.3 Å². The largest absolute Gasteiger partial charge is 0.398 e. The predicted octanol–water partition coefficient (Wildman–Crippen LogP) is 2.75. The standard InChI is InChI=1S/C14H20BrN5O/c1-10(2)6-8-21-9-7-20-14(17-18-19-20)11-4-3-5-12(16)13(11)15/h3-5,10H,6-9,16H2,1-2H3. The molecule has 0 unspecified atom stereocenters. The number of aromatic nitrogens is 4. The van der Waals surface area contributed by atoms with Gasteiger partial charge in [-0.1, -0.05) is 19.9 Å². The average Bonchev–Trinajstić information content (AvgIpc) is 2.89. The van der Waals surface area contributed by atoms with E-state index in [1.807, 2.05) is 18.2 Å². The number of nitrogens with two attached hydrogens (primary N) is 1. The van der Waals surface area contributed by atoms with Crippen LogP contribution in [0.5, 0.6) is 0 Å². The van der Waals surface area contributed by atoms with Crippen molar-refractivity contribution < 1.29 is 4.74 Å². The summed E-state index contributed by atoms with van der Waals surface area (Å²) in [7, 11) is 0. The number of tetrazole rings is 1. The molecule has 0 amide bonds. The van der Waals surface area contributed by atoms with Crippen LogP contribution in [0.4, 0.5) is 5.69 Å². The molecule has 0 radical (unpaired) electrons. The third kappa shape index (κ3) is 4.25. The summed E-state index contributed by atoms with van der Waals surface area (Å²) >= 11 is 3.48. The molecule has 0 aliphatic heterocycles. The number of ether oxygens (including phenoxy) is 1. The van der Waals surface area contributed by atoms with Crippen molar-refractivity contribution in [1.82, 2.24) is 20.2 Å². The molecule has 0 bridgehead atoms. The minimum absolute atomic E-state index is 0.588. The van der Waals surface area contributed by atoms with Crippen LogP contribution in [0, 0.1) is 5.92 Å². The van der Waals surface area contributed by atoms with Crippen LogP contribution in [0.2, 0.25) is 0 Å². The number of anilines is 1. The van der Waals surface area contributed by atoms with Gasteiger partial charge in [-0.25, -0.2) is 4.68 Å². The average molecular weight is 354 g/mol. The van der Waals surface area contributed by atoms with E-state index < -0.39 is 0 Å². The third-order valence-corrected chi connectivity index (χ3v) is 3.97. The van der Waals surface area contributed by atoms with Crippen LogP contribution in [-0.2, 0) is 11.3 Å². The zero-order valence-corrected chi connectivity index (χ0v) is 13.9. The van der Waals surface area contributed by atoms with Crippen LogP contribution in [0.15, 0.2) is 22.7 Å². The molecule has 1 heterocycles. The Labute approximate surface area is 132 Å². The maximum Gasteiger partial charge on any atom is 0.183 e. The summed E-state index contributed by atoms with van der Waals surface area (Å²) in [5.41, 5.74) is 7.43. The number of halogens is 1. The number of nitrogen functional groups attached to an aromatic ring is 1. The molecule has 0 saturated heterocycles. The second-order valence-corrected chi connectivity index (χ2v) is 6.02. The maximum absolute atomic E-state index is 5.90. The summed E-state index contributed by atoms with van der Waals surface area (Å²) < 4.78 is 8.15. The van der Waals surface area contributed by atoms with Gasteiger partial charge in [-0.3, -0.25) is 0 Å². The number of hydrogen-bond donors (Lipinski definition) is 1. The summed E-state index contributed by atoms with van der Waals surface area (Å²) in [5.74, 6) is 1.33. The zero-order chi connectivity index (χ0) is 15.2. The van der Waals surface area contributed by atoms with E-state index in [9.17, 15) is 0 Å². The van der Waals surface area contributed by atoms with Crippen molar-refractivity contribution in [2.75, 3.05) is 18.9 Å². The van der Waals surface area contributed by atoms with Crippen molar-refractivity contribution in [3.63, 3.8) is 0 Å². The number of nitrogens with zero attached hydrogens (tertiary/aromatic N) is 4. The first-order valence-electron chi connectivity index (χ1n) is 6.98. The van der Waals surface area contributed by atoms with Crippen molar-refractivity contribution in [3.8, 4) is 11.4 Å². The smallest absolute Gasteiger partial charge is 0.183 e. The number of rotatable bonds is 7. The van der Waals surface area contributed by atoms with Gasteiger partial charge < -0.3 is 10.5 Å². The first-order chi connectivity index (χ1) is 10.1. The fourth-order valence-corrected chi connectivity index (χ4v) is 2.28. The van der Waals surface area contributed by atoms with Gasteiger partial charge in [0.15, 0.2) is 5.82 Å². The Bertz CT molecular complexity index is 584. The highest BCUT2D eigenvalue weighted by molar-refractivity contribution is 9.10. The van der Waals surface area contributed by atoms with Crippen LogP contribution < -0.4 is 5.73 Å². The predicted molar refractivity (Wildman–Crippen MR) is 85.6 cm³/mol. The van der Waals surface area contributed by atoms with Gasteiger partial charge in [0.05, 0.1) is 17.6 Å². The molecule has 7 heteroatoms. The highest BCUT2D eigenvalue weighted by Crippen LogP contribution is 2.30. The number of benzene rings is 1. The van der Waals surface area contributed by atoms with Crippen molar-refractivity contribution in [2.24, 2.45) is 5.92 Å². The molecular weight excluding hydrogens is 334 g/mol. The minimum atomic E-state index is 0.588. The number of hydrogen-bond acceptors (Lipinski definition) is 5. The topological polar surface area (TPSA) is 78.8 Å². The quantitative estimate of drug-likeness (QED) is 0.611. The minimum Gasteiger partial charge on any atom is -0.398 e. The molecule has 0 spiro atoms. The van der Waals surface area contributed by atoms with Crippen molar-refractivity contribution in [2.45, 2.75) is 26.8 Å². The van der Waals surface area contributed by atoms with E-state index in [4.69, 9.17) is 10.5 Å².